The van der Waals surface area contributed by atoms with Crippen molar-refractivity contribution in [1.29, 1.82) is 0 Å². The van der Waals surface area contributed by atoms with E-state index in [0.29, 0.717) is 24.9 Å². The van der Waals surface area contributed by atoms with E-state index in [1.165, 1.54) is 24.3 Å². The molecule has 0 unspecified atom stereocenters. The monoisotopic (exact) mass is 419 g/mol. The highest BCUT2D eigenvalue weighted by molar-refractivity contribution is 7.92. The fraction of sp³-hybridized carbons (Fsp3) is 0.300. The van der Waals surface area contributed by atoms with Gasteiger partial charge in [-0.2, -0.15) is 0 Å². The Morgan fingerprint density at radius 2 is 1.97 bits per heavy atom. The van der Waals surface area contributed by atoms with Crippen LogP contribution in [0.4, 0.5) is 10.1 Å². The van der Waals surface area contributed by atoms with E-state index in [-0.39, 0.29) is 34.5 Å². The zero-order chi connectivity index (χ0) is 21.2. The lowest BCUT2D eigenvalue weighted by molar-refractivity contribution is -0.123. The number of carbonyl (C=O) groups excluding carboxylic acids is 2. The third-order valence-electron chi connectivity index (χ3n) is 4.91. The van der Waals surface area contributed by atoms with Crippen LogP contribution in [0.1, 0.15) is 28.8 Å². The molecule has 2 amide bonds. The third-order valence-corrected chi connectivity index (χ3v) is 6.44. The van der Waals surface area contributed by atoms with Crippen LogP contribution in [0.25, 0.3) is 0 Å². The number of hydrogen-bond acceptors (Lipinski definition) is 4. The van der Waals surface area contributed by atoms with Gasteiger partial charge < -0.3 is 10.6 Å². The average molecular weight is 419 g/mol. The smallest absolute Gasteiger partial charge is 0.262 e. The molecule has 0 bridgehead atoms. The largest absolute Gasteiger partial charge is 0.369 e. The first-order chi connectivity index (χ1) is 13.7. The molecular weight excluding hydrogens is 397 g/mol. The van der Waals surface area contributed by atoms with Crippen molar-refractivity contribution in [3.63, 3.8) is 0 Å². The number of benzene rings is 2. The fourth-order valence-electron chi connectivity index (χ4n) is 3.37. The molecule has 0 aliphatic carbocycles. The van der Waals surface area contributed by atoms with Gasteiger partial charge in [-0.15, -0.1) is 0 Å². The maximum atomic E-state index is 13.5. The van der Waals surface area contributed by atoms with Crippen molar-refractivity contribution in [2.24, 2.45) is 11.7 Å². The molecule has 2 aromatic rings. The molecule has 1 atom stereocenters. The molecule has 0 aromatic heterocycles. The summed E-state index contributed by atoms with van der Waals surface area (Å²) in [4.78, 5) is 25.6. The lowest BCUT2D eigenvalue weighted by Crippen LogP contribution is -2.44. The summed E-state index contributed by atoms with van der Waals surface area (Å²) in [5.41, 5.74) is 6.23. The van der Waals surface area contributed by atoms with Gasteiger partial charge in [0.2, 0.25) is 5.91 Å². The number of halogens is 1. The van der Waals surface area contributed by atoms with Crippen LogP contribution in [-0.2, 0) is 14.8 Å². The van der Waals surface area contributed by atoms with Crippen LogP contribution in [0.15, 0.2) is 47.4 Å². The van der Waals surface area contributed by atoms with E-state index in [1.54, 1.807) is 24.0 Å². The van der Waals surface area contributed by atoms with Crippen molar-refractivity contribution in [1.82, 2.24) is 4.90 Å². The summed E-state index contributed by atoms with van der Waals surface area (Å²) in [6, 6.07) is 9.57. The number of amides is 2. The van der Waals surface area contributed by atoms with Gasteiger partial charge in [0.1, 0.15) is 5.82 Å². The van der Waals surface area contributed by atoms with Gasteiger partial charge in [-0.1, -0.05) is 12.1 Å². The second-order valence-corrected chi connectivity index (χ2v) is 8.74. The summed E-state index contributed by atoms with van der Waals surface area (Å²) in [5, 5.41) is 0. The van der Waals surface area contributed by atoms with Crippen LogP contribution in [0.3, 0.4) is 0 Å². The predicted molar refractivity (Wildman–Crippen MR) is 106 cm³/mol. The highest BCUT2D eigenvalue weighted by Crippen LogP contribution is 2.23. The van der Waals surface area contributed by atoms with Gasteiger partial charge in [0, 0.05) is 24.3 Å². The number of piperidine rings is 1. The van der Waals surface area contributed by atoms with Crippen LogP contribution in [0.2, 0.25) is 0 Å². The summed E-state index contributed by atoms with van der Waals surface area (Å²) in [7, 11) is -4.03. The van der Waals surface area contributed by atoms with Gasteiger partial charge in [0.15, 0.2) is 0 Å². The van der Waals surface area contributed by atoms with Gasteiger partial charge >= 0.3 is 0 Å². The number of carbonyl (C=O) groups is 2. The minimum Gasteiger partial charge on any atom is -0.369 e. The molecule has 3 rings (SSSR count). The molecular formula is C20H22FN3O4S. The van der Waals surface area contributed by atoms with Gasteiger partial charge in [-0.25, -0.2) is 12.8 Å². The first-order valence-electron chi connectivity index (χ1n) is 9.15. The standard InChI is InChI=1S/C20H22FN3O4S/c1-13-7-8-16(21)11-18(13)29(27,28)23-17-6-2-4-14(10-17)20(26)24-9-3-5-15(12-24)19(22)25/h2,4,6-8,10-11,15,23H,3,5,9,12H2,1H3,(H2,22,25)/t15-/m0/s1. The molecule has 154 valence electrons. The summed E-state index contributed by atoms with van der Waals surface area (Å²) in [6.45, 7) is 2.31. The minimum absolute atomic E-state index is 0.172. The number of likely N-dealkylation sites (tertiary alicyclic amines) is 1. The van der Waals surface area contributed by atoms with E-state index in [9.17, 15) is 22.4 Å². The zero-order valence-corrected chi connectivity index (χ0v) is 16.7. The number of hydrogen-bond donors (Lipinski definition) is 2. The Labute approximate surface area is 168 Å². The number of nitrogens with one attached hydrogen (secondary N) is 1. The molecule has 1 fully saturated rings. The number of nitrogens with zero attached hydrogens (tertiary/aromatic N) is 1. The van der Waals surface area contributed by atoms with Crippen molar-refractivity contribution < 1.29 is 22.4 Å². The number of rotatable bonds is 5. The first kappa shape index (κ1) is 20.8. The maximum absolute atomic E-state index is 13.5. The number of primary amides is 1. The molecule has 3 N–H and O–H groups in total. The fourth-order valence-corrected chi connectivity index (χ4v) is 4.67. The molecule has 7 nitrogen and oxygen atoms in total. The molecule has 1 aliphatic rings. The molecule has 0 radical (unpaired) electrons. The van der Waals surface area contributed by atoms with E-state index in [2.05, 4.69) is 4.72 Å². The van der Waals surface area contributed by atoms with Crippen LogP contribution in [-0.4, -0.2) is 38.2 Å². The van der Waals surface area contributed by atoms with Crippen LogP contribution < -0.4 is 10.5 Å². The van der Waals surface area contributed by atoms with Crippen LogP contribution >= 0.6 is 0 Å². The van der Waals surface area contributed by atoms with Crippen LogP contribution in [0, 0.1) is 18.7 Å². The van der Waals surface area contributed by atoms with E-state index in [4.69, 9.17) is 5.73 Å². The summed E-state index contributed by atoms with van der Waals surface area (Å²) in [5.74, 6) is -1.78. The van der Waals surface area contributed by atoms with Gasteiger partial charge in [0.25, 0.3) is 15.9 Å². The molecule has 9 heteroatoms. The zero-order valence-electron chi connectivity index (χ0n) is 15.9. The lowest BCUT2D eigenvalue weighted by Gasteiger charge is -2.31. The number of anilines is 1. The number of aryl methyl sites for hydroxylation is 1. The molecule has 1 aliphatic heterocycles. The lowest BCUT2D eigenvalue weighted by atomic mass is 9.97. The minimum atomic E-state index is -4.03. The first-order valence-corrected chi connectivity index (χ1v) is 10.6. The average Bonchev–Trinajstić information content (AvgIpc) is 2.69. The quantitative estimate of drug-likeness (QED) is 0.775. The SMILES string of the molecule is Cc1ccc(F)cc1S(=O)(=O)Nc1cccc(C(=O)N2CCC[C@H](C(N)=O)C2)c1. The highest BCUT2D eigenvalue weighted by atomic mass is 32.2. The Morgan fingerprint density at radius 1 is 1.21 bits per heavy atom. The summed E-state index contributed by atoms with van der Waals surface area (Å²) in [6.07, 6.45) is 1.32. The van der Waals surface area contributed by atoms with Crippen molar-refractivity contribution in [3.05, 3.63) is 59.4 Å². The summed E-state index contributed by atoms with van der Waals surface area (Å²) >= 11 is 0. The van der Waals surface area contributed by atoms with Crippen molar-refractivity contribution in [3.8, 4) is 0 Å². The Morgan fingerprint density at radius 3 is 2.69 bits per heavy atom. The van der Waals surface area contributed by atoms with E-state index in [0.717, 1.165) is 6.07 Å². The van der Waals surface area contributed by atoms with Gasteiger partial charge in [-0.3, -0.25) is 14.3 Å². The molecule has 1 saturated heterocycles. The summed E-state index contributed by atoms with van der Waals surface area (Å²) < 4.78 is 41.2. The van der Waals surface area contributed by atoms with E-state index < -0.39 is 21.7 Å². The number of nitrogens with two attached hydrogens (primary N) is 1. The number of sulfonamides is 1. The predicted octanol–water partition coefficient (Wildman–Crippen LogP) is 2.27. The van der Waals surface area contributed by atoms with E-state index >= 15 is 0 Å². The normalized spacial score (nSPS) is 17.0. The third kappa shape index (κ3) is 4.73. The Bertz CT molecular complexity index is 1060. The molecule has 29 heavy (non-hydrogen) atoms. The highest BCUT2D eigenvalue weighted by Gasteiger charge is 2.28. The van der Waals surface area contributed by atoms with Crippen molar-refractivity contribution in [2.45, 2.75) is 24.7 Å². The molecule has 2 aromatic carbocycles. The van der Waals surface area contributed by atoms with Gasteiger partial charge in [-0.05, 0) is 55.7 Å². The molecule has 1 heterocycles. The van der Waals surface area contributed by atoms with Crippen LogP contribution in [0.5, 0.6) is 0 Å². The topological polar surface area (TPSA) is 110 Å². The molecule has 0 spiro atoms. The molecule has 0 saturated carbocycles. The second-order valence-electron chi connectivity index (χ2n) is 7.09. The Balaban J connectivity index is 1.81. The maximum Gasteiger partial charge on any atom is 0.262 e. The second kappa shape index (κ2) is 8.20. The Hall–Kier alpha value is -2.94. The van der Waals surface area contributed by atoms with E-state index in [1.807, 2.05) is 0 Å². The Kier molecular flexibility index (Phi) is 5.88. The van der Waals surface area contributed by atoms with Crippen molar-refractivity contribution in [2.75, 3.05) is 17.8 Å². The van der Waals surface area contributed by atoms with Gasteiger partial charge in [0.05, 0.1) is 10.8 Å². The van der Waals surface area contributed by atoms with Crippen molar-refractivity contribution >= 4 is 27.5 Å².